The van der Waals surface area contributed by atoms with Crippen LogP contribution in [0.5, 0.6) is 0 Å². The maximum Gasteiger partial charge on any atom is 0.214 e. The first kappa shape index (κ1) is 17.9. The molecule has 20 heavy (non-hydrogen) atoms. The maximum atomic E-state index is 12.6. The van der Waals surface area contributed by atoms with Gasteiger partial charge in [-0.05, 0) is 44.6 Å². The molecule has 0 saturated heterocycles. The Morgan fingerprint density at radius 1 is 1.20 bits per heavy atom. The predicted molar refractivity (Wildman–Crippen MR) is 85.3 cm³/mol. The van der Waals surface area contributed by atoms with Crippen molar-refractivity contribution >= 4 is 10.0 Å². The molecule has 0 aromatic carbocycles. The van der Waals surface area contributed by atoms with Gasteiger partial charge in [-0.15, -0.1) is 0 Å². The Balaban J connectivity index is 2.54. The normalized spacial score (nSPS) is 16.6. The fraction of sp³-hybridized carbons (Fsp3) is 1.00. The summed E-state index contributed by atoms with van der Waals surface area (Å²) in [7, 11) is -3.13. The van der Waals surface area contributed by atoms with E-state index in [0.717, 1.165) is 19.4 Å². The molecular weight excluding hydrogens is 272 g/mol. The number of hydrogen-bond acceptors (Lipinski definition) is 3. The van der Waals surface area contributed by atoms with E-state index in [1.54, 1.807) is 4.31 Å². The van der Waals surface area contributed by atoms with Crippen LogP contribution in [0.15, 0.2) is 0 Å². The molecule has 1 rings (SSSR count). The molecule has 1 N–H and O–H groups in total. The molecule has 0 radical (unpaired) electrons. The molecule has 1 aliphatic carbocycles. The SMILES string of the molecule is CCC(CC)N(CC(C)C)S(=O)(=O)CCCNC1CC1. The Hall–Kier alpha value is -0.130. The van der Waals surface area contributed by atoms with Gasteiger partial charge in [0.25, 0.3) is 0 Å². The smallest absolute Gasteiger partial charge is 0.214 e. The first-order valence-electron chi connectivity index (χ1n) is 8.13. The van der Waals surface area contributed by atoms with Crippen LogP contribution in [0.1, 0.15) is 59.8 Å². The summed E-state index contributed by atoms with van der Waals surface area (Å²) >= 11 is 0. The average Bonchev–Trinajstić information content (AvgIpc) is 3.18. The van der Waals surface area contributed by atoms with Crippen LogP contribution < -0.4 is 5.32 Å². The second kappa shape index (κ2) is 8.35. The summed E-state index contributed by atoms with van der Waals surface area (Å²) < 4.78 is 26.9. The lowest BCUT2D eigenvalue weighted by Gasteiger charge is -2.31. The molecule has 0 heterocycles. The van der Waals surface area contributed by atoms with Crippen molar-refractivity contribution in [3.63, 3.8) is 0 Å². The van der Waals surface area contributed by atoms with Gasteiger partial charge in [0.1, 0.15) is 0 Å². The fourth-order valence-electron chi connectivity index (χ4n) is 2.51. The number of sulfonamides is 1. The molecule has 0 aromatic rings. The molecule has 120 valence electrons. The van der Waals surface area contributed by atoms with Crippen LogP contribution in [-0.2, 0) is 10.0 Å². The molecule has 1 aliphatic rings. The largest absolute Gasteiger partial charge is 0.314 e. The molecule has 1 saturated carbocycles. The van der Waals surface area contributed by atoms with Crippen LogP contribution in [0.25, 0.3) is 0 Å². The summed E-state index contributed by atoms with van der Waals surface area (Å²) in [6.45, 7) is 9.78. The first-order valence-corrected chi connectivity index (χ1v) is 9.74. The summed E-state index contributed by atoms with van der Waals surface area (Å²) in [5.74, 6) is 0.644. The molecule has 0 aliphatic heterocycles. The molecule has 5 heteroatoms. The summed E-state index contributed by atoms with van der Waals surface area (Å²) in [6.07, 6.45) is 5.00. The number of nitrogens with one attached hydrogen (secondary N) is 1. The quantitative estimate of drug-likeness (QED) is 0.597. The highest BCUT2D eigenvalue weighted by atomic mass is 32.2. The summed E-state index contributed by atoms with van der Waals surface area (Å²) in [5.41, 5.74) is 0. The topological polar surface area (TPSA) is 49.4 Å². The van der Waals surface area contributed by atoms with Crippen molar-refractivity contribution in [3.05, 3.63) is 0 Å². The second-order valence-electron chi connectivity index (χ2n) is 6.33. The van der Waals surface area contributed by atoms with E-state index in [1.807, 2.05) is 0 Å². The second-order valence-corrected chi connectivity index (χ2v) is 8.37. The van der Waals surface area contributed by atoms with Crippen LogP contribution in [0.3, 0.4) is 0 Å². The lowest BCUT2D eigenvalue weighted by molar-refractivity contribution is 0.276. The standard InChI is InChI=1S/C15H32N2O2S/c1-5-15(6-2)17(12-13(3)4)20(18,19)11-7-10-16-14-8-9-14/h13-16H,5-12H2,1-4H3. The maximum absolute atomic E-state index is 12.6. The molecule has 0 atom stereocenters. The summed E-state index contributed by atoms with van der Waals surface area (Å²) in [4.78, 5) is 0. The van der Waals surface area contributed by atoms with Crippen molar-refractivity contribution in [2.24, 2.45) is 5.92 Å². The van der Waals surface area contributed by atoms with Gasteiger partial charge in [-0.3, -0.25) is 0 Å². The van der Waals surface area contributed by atoms with Crippen molar-refractivity contribution in [1.82, 2.24) is 9.62 Å². The van der Waals surface area contributed by atoms with Gasteiger partial charge in [-0.25, -0.2) is 8.42 Å². The van der Waals surface area contributed by atoms with Crippen molar-refractivity contribution < 1.29 is 8.42 Å². The van der Waals surface area contributed by atoms with Crippen LogP contribution >= 0.6 is 0 Å². The van der Waals surface area contributed by atoms with Crippen LogP contribution in [-0.4, -0.2) is 43.6 Å². The van der Waals surface area contributed by atoms with Gasteiger partial charge >= 0.3 is 0 Å². The highest BCUT2D eigenvalue weighted by Gasteiger charge is 2.28. The third-order valence-corrected chi connectivity index (χ3v) is 5.81. The van der Waals surface area contributed by atoms with Crippen molar-refractivity contribution in [1.29, 1.82) is 0 Å². The Morgan fingerprint density at radius 3 is 2.25 bits per heavy atom. The molecule has 0 amide bonds. The molecule has 4 nitrogen and oxygen atoms in total. The molecule has 0 spiro atoms. The van der Waals surface area contributed by atoms with Gasteiger partial charge in [-0.1, -0.05) is 27.7 Å². The van der Waals surface area contributed by atoms with Gasteiger partial charge < -0.3 is 5.32 Å². The Morgan fingerprint density at radius 2 is 1.80 bits per heavy atom. The zero-order valence-corrected chi connectivity index (χ0v) is 14.4. The number of nitrogens with zero attached hydrogens (tertiary/aromatic N) is 1. The molecule has 0 unspecified atom stereocenters. The highest BCUT2D eigenvalue weighted by molar-refractivity contribution is 7.89. The fourth-order valence-corrected chi connectivity index (χ4v) is 4.53. The zero-order valence-electron chi connectivity index (χ0n) is 13.6. The third-order valence-electron chi connectivity index (χ3n) is 3.84. The van der Waals surface area contributed by atoms with Crippen molar-refractivity contribution in [3.8, 4) is 0 Å². The van der Waals surface area contributed by atoms with E-state index in [4.69, 9.17) is 0 Å². The van der Waals surface area contributed by atoms with E-state index >= 15 is 0 Å². The van der Waals surface area contributed by atoms with Crippen LogP contribution in [0, 0.1) is 5.92 Å². The average molecular weight is 304 g/mol. The van der Waals surface area contributed by atoms with Crippen LogP contribution in [0.4, 0.5) is 0 Å². The minimum atomic E-state index is -3.13. The Labute approximate surface area is 125 Å². The van der Waals surface area contributed by atoms with E-state index in [1.165, 1.54) is 12.8 Å². The summed E-state index contributed by atoms with van der Waals surface area (Å²) in [6, 6.07) is 0.808. The Kier molecular flexibility index (Phi) is 7.48. The van der Waals surface area contributed by atoms with E-state index in [9.17, 15) is 8.42 Å². The molecule has 0 bridgehead atoms. The highest BCUT2D eigenvalue weighted by Crippen LogP contribution is 2.19. The summed E-state index contributed by atoms with van der Waals surface area (Å²) in [5, 5.41) is 3.38. The van der Waals surface area contributed by atoms with Gasteiger partial charge in [0.05, 0.1) is 5.75 Å². The van der Waals surface area contributed by atoms with Gasteiger partial charge in [0.15, 0.2) is 0 Å². The minimum Gasteiger partial charge on any atom is -0.314 e. The zero-order chi connectivity index (χ0) is 15.2. The Bertz CT molecular complexity index is 360. The van der Waals surface area contributed by atoms with E-state index in [2.05, 4.69) is 33.0 Å². The number of rotatable bonds is 11. The molecular formula is C15H32N2O2S. The lowest BCUT2D eigenvalue weighted by atomic mass is 10.1. The van der Waals surface area contributed by atoms with E-state index in [-0.39, 0.29) is 11.8 Å². The molecule has 1 fully saturated rings. The third kappa shape index (κ3) is 6.10. The van der Waals surface area contributed by atoms with Gasteiger partial charge in [0.2, 0.25) is 10.0 Å². The molecule has 0 aromatic heterocycles. The van der Waals surface area contributed by atoms with Crippen LogP contribution in [0.2, 0.25) is 0 Å². The van der Waals surface area contributed by atoms with E-state index < -0.39 is 10.0 Å². The van der Waals surface area contributed by atoms with Gasteiger partial charge in [0, 0.05) is 18.6 Å². The monoisotopic (exact) mass is 304 g/mol. The van der Waals surface area contributed by atoms with E-state index in [0.29, 0.717) is 24.9 Å². The predicted octanol–water partition coefficient (Wildman–Crippen LogP) is 2.60. The number of hydrogen-bond donors (Lipinski definition) is 1. The van der Waals surface area contributed by atoms with Gasteiger partial charge in [-0.2, -0.15) is 4.31 Å². The van der Waals surface area contributed by atoms with Crippen molar-refractivity contribution in [2.75, 3.05) is 18.8 Å². The minimum absolute atomic E-state index is 0.152. The van der Waals surface area contributed by atoms with Crippen molar-refractivity contribution in [2.45, 2.75) is 71.9 Å². The first-order chi connectivity index (χ1) is 9.40. The lowest BCUT2D eigenvalue weighted by Crippen LogP contribution is -2.43.